The van der Waals surface area contributed by atoms with Crippen molar-refractivity contribution >= 4 is 39.9 Å². The molecule has 1 fully saturated rings. The van der Waals surface area contributed by atoms with Gasteiger partial charge in [0.2, 0.25) is 12.4 Å². The molecule has 12 heteroatoms. The van der Waals surface area contributed by atoms with Crippen LogP contribution in [0.5, 0.6) is 0 Å². The van der Waals surface area contributed by atoms with E-state index in [-0.39, 0.29) is 31.6 Å². The zero-order valence-electron chi connectivity index (χ0n) is 19.0. The van der Waals surface area contributed by atoms with Gasteiger partial charge in [-0.25, -0.2) is 14.7 Å². The maximum atomic E-state index is 13.0. The first-order valence-electron chi connectivity index (χ1n) is 11.2. The zero-order chi connectivity index (χ0) is 24.7. The number of hydrogen-bond acceptors (Lipinski definition) is 6. The van der Waals surface area contributed by atoms with Crippen LogP contribution in [0.15, 0.2) is 64.7 Å². The van der Waals surface area contributed by atoms with Crippen molar-refractivity contribution < 1.29 is 17.9 Å². The Balaban J connectivity index is 1.69. The van der Waals surface area contributed by atoms with Gasteiger partial charge >= 0.3 is 10.2 Å². The van der Waals surface area contributed by atoms with Crippen molar-refractivity contribution in [2.45, 2.75) is 12.3 Å². The fourth-order valence-corrected chi connectivity index (χ4v) is 5.26. The Morgan fingerprint density at radius 2 is 1.83 bits per heavy atom. The Morgan fingerprint density at radius 3 is 2.51 bits per heavy atom. The number of nitrogens with zero attached hydrogens (tertiary/aromatic N) is 4. The Hall–Kier alpha value is -2.99. The van der Waals surface area contributed by atoms with Crippen LogP contribution in [-0.2, 0) is 19.7 Å². The van der Waals surface area contributed by atoms with Gasteiger partial charge in [0.05, 0.1) is 18.9 Å². The van der Waals surface area contributed by atoms with Crippen LogP contribution in [0.3, 0.4) is 0 Å². The van der Waals surface area contributed by atoms with E-state index in [1.807, 2.05) is 30.3 Å². The molecule has 1 amide bonds. The molecule has 35 heavy (non-hydrogen) atoms. The summed E-state index contributed by atoms with van der Waals surface area (Å²) in [6, 6.07) is 17.4. The summed E-state index contributed by atoms with van der Waals surface area (Å²) >= 11 is 6.11. The van der Waals surface area contributed by atoms with E-state index in [1.54, 1.807) is 12.1 Å². The Morgan fingerprint density at radius 1 is 1.11 bits per heavy atom. The number of ether oxygens (including phenoxy) is 1. The Kier molecular flexibility index (Phi) is 8.34. The average molecular weight is 519 g/mol. The van der Waals surface area contributed by atoms with E-state index < -0.39 is 10.2 Å². The number of benzene rings is 2. The highest BCUT2D eigenvalue weighted by Gasteiger charge is 2.31. The molecular formula is C23H27ClN6O4S. The van der Waals surface area contributed by atoms with Crippen molar-refractivity contribution in [3.8, 4) is 0 Å². The minimum Gasteiger partial charge on any atom is -0.379 e. The summed E-state index contributed by atoms with van der Waals surface area (Å²) in [6.45, 7) is 1.44. The van der Waals surface area contributed by atoms with E-state index in [2.05, 4.69) is 27.2 Å². The second kappa shape index (κ2) is 11.6. The minimum atomic E-state index is -3.89. The summed E-state index contributed by atoms with van der Waals surface area (Å²) in [5.74, 6) is 0.0302. The first kappa shape index (κ1) is 25.1. The molecule has 10 nitrogen and oxygen atoms in total. The number of nitrogens with one attached hydrogen (secondary N) is 2. The highest BCUT2D eigenvalue weighted by molar-refractivity contribution is 7.87. The number of amides is 1. The van der Waals surface area contributed by atoms with Crippen LogP contribution in [-0.4, -0.2) is 75.3 Å². The average Bonchev–Trinajstić information content (AvgIpc) is 2.89. The third kappa shape index (κ3) is 6.37. The van der Waals surface area contributed by atoms with Crippen LogP contribution in [0.4, 0.5) is 0 Å². The van der Waals surface area contributed by atoms with Gasteiger partial charge in [0.1, 0.15) is 6.67 Å². The SMILES string of the molecule is O=CNC/N=C(/NS(=O)(=O)N1CCOCC1)N1CCC(c2ccccc2)C(c2ccc(Cl)cc2)=N1. The second-order valence-electron chi connectivity index (χ2n) is 7.95. The normalized spacial score (nSPS) is 19.7. The first-order chi connectivity index (χ1) is 17.0. The summed E-state index contributed by atoms with van der Waals surface area (Å²) in [4.78, 5) is 15.0. The zero-order valence-corrected chi connectivity index (χ0v) is 20.6. The van der Waals surface area contributed by atoms with Crippen molar-refractivity contribution in [3.63, 3.8) is 0 Å². The topological polar surface area (TPSA) is 116 Å². The first-order valence-corrected chi connectivity index (χ1v) is 13.0. The molecule has 2 aliphatic heterocycles. The Labute approximate surface area is 209 Å². The van der Waals surface area contributed by atoms with Crippen LogP contribution in [0, 0.1) is 0 Å². The summed E-state index contributed by atoms with van der Waals surface area (Å²) in [7, 11) is -3.89. The molecule has 0 bridgehead atoms. The fraction of sp³-hybridized carbons (Fsp3) is 0.348. The van der Waals surface area contributed by atoms with Crippen molar-refractivity contribution in [2.24, 2.45) is 10.1 Å². The van der Waals surface area contributed by atoms with Crippen molar-refractivity contribution in [1.29, 1.82) is 0 Å². The molecule has 0 saturated carbocycles. The molecule has 1 unspecified atom stereocenters. The van der Waals surface area contributed by atoms with E-state index in [1.165, 1.54) is 9.31 Å². The molecule has 0 spiro atoms. The smallest absolute Gasteiger partial charge is 0.304 e. The number of hydrazone groups is 1. The van der Waals surface area contributed by atoms with Gasteiger partial charge in [0, 0.05) is 30.6 Å². The number of morpholine rings is 1. The Bertz CT molecular complexity index is 1170. The third-order valence-electron chi connectivity index (χ3n) is 5.71. The van der Waals surface area contributed by atoms with Gasteiger partial charge in [-0.15, -0.1) is 0 Å². The van der Waals surface area contributed by atoms with Gasteiger partial charge in [0.15, 0.2) is 0 Å². The lowest BCUT2D eigenvalue weighted by molar-refractivity contribution is -0.109. The standard InChI is InChI=1S/C23H27ClN6O4S/c24-20-8-6-19(7-9-20)22-21(18-4-2-1-3-5-18)10-11-30(27-22)23(26-16-25-17-31)28-35(32,33)29-12-14-34-15-13-29/h1-9,17,21H,10-16H2,(H,25,31)(H,26,28). The van der Waals surface area contributed by atoms with Gasteiger partial charge in [0.25, 0.3) is 0 Å². The number of aliphatic imine (C=N–C) groups is 1. The van der Waals surface area contributed by atoms with Crippen molar-refractivity contribution in [3.05, 3.63) is 70.7 Å². The molecule has 1 saturated heterocycles. The van der Waals surface area contributed by atoms with Crippen LogP contribution < -0.4 is 10.0 Å². The maximum Gasteiger partial charge on any atom is 0.304 e. The monoisotopic (exact) mass is 518 g/mol. The van der Waals surface area contributed by atoms with Gasteiger partial charge in [-0.2, -0.15) is 17.8 Å². The summed E-state index contributed by atoms with van der Waals surface area (Å²) in [6.07, 6.45) is 1.17. The van der Waals surface area contributed by atoms with E-state index >= 15 is 0 Å². The van der Waals surface area contributed by atoms with Crippen molar-refractivity contribution in [1.82, 2.24) is 19.4 Å². The second-order valence-corrected chi connectivity index (χ2v) is 10.1. The molecule has 2 N–H and O–H groups in total. The highest BCUT2D eigenvalue weighted by atomic mass is 35.5. The number of carbonyl (C=O) groups excluding carboxylic acids is 1. The van der Waals surface area contributed by atoms with Crippen LogP contribution in [0.1, 0.15) is 23.5 Å². The summed E-state index contributed by atoms with van der Waals surface area (Å²) < 4.78 is 35.2. The van der Waals surface area contributed by atoms with Gasteiger partial charge in [-0.05, 0) is 29.7 Å². The fourth-order valence-electron chi connectivity index (χ4n) is 3.97. The highest BCUT2D eigenvalue weighted by Crippen LogP contribution is 2.30. The molecular weight excluding hydrogens is 492 g/mol. The van der Waals surface area contributed by atoms with Crippen molar-refractivity contribution in [2.75, 3.05) is 39.5 Å². The lowest BCUT2D eigenvalue weighted by atomic mass is 9.86. The predicted molar refractivity (Wildman–Crippen MR) is 134 cm³/mol. The molecule has 0 aromatic heterocycles. The lowest BCUT2D eigenvalue weighted by Gasteiger charge is -2.33. The van der Waals surface area contributed by atoms with E-state index in [9.17, 15) is 13.2 Å². The number of hydrogen-bond donors (Lipinski definition) is 2. The summed E-state index contributed by atoms with van der Waals surface area (Å²) in [5, 5.41) is 9.42. The number of rotatable bonds is 7. The molecule has 0 radical (unpaired) electrons. The number of carbonyl (C=O) groups is 1. The van der Waals surface area contributed by atoms with Crippen LogP contribution in [0.25, 0.3) is 0 Å². The molecule has 2 aromatic rings. The van der Waals surface area contributed by atoms with E-state index in [0.717, 1.165) is 16.8 Å². The molecule has 0 aliphatic carbocycles. The predicted octanol–water partition coefficient (Wildman–Crippen LogP) is 1.76. The third-order valence-corrected chi connectivity index (χ3v) is 7.45. The van der Waals surface area contributed by atoms with E-state index in [4.69, 9.17) is 21.4 Å². The molecule has 2 heterocycles. The molecule has 1 atom stereocenters. The lowest BCUT2D eigenvalue weighted by Crippen LogP contribution is -2.52. The molecule has 186 valence electrons. The van der Waals surface area contributed by atoms with Gasteiger partial charge in [-0.3, -0.25) is 4.79 Å². The quantitative estimate of drug-likeness (QED) is 0.251. The number of halogens is 1. The summed E-state index contributed by atoms with van der Waals surface area (Å²) in [5.41, 5.74) is 2.74. The van der Waals surface area contributed by atoms with E-state index in [0.29, 0.717) is 37.6 Å². The minimum absolute atomic E-state index is 0.00109. The van der Waals surface area contributed by atoms with Gasteiger partial charge in [-0.1, -0.05) is 54.1 Å². The van der Waals surface area contributed by atoms with Gasteiger partial charge < -0.3 is 10.1 Å². The van der Waals surface area contributed by atoms with Crippen LogP contribution in [0.2, 0.25) is 5.02 Å². The number of guanidine groups is 1. The molecule has 2 aromatic carbocycles. The molecule has 4 rings (SSSR count). The maximum absolute atomic E-state index is 13.0. The molecule has 2 aliphatic rings. The van der Waals surface area contributed by atoms with Crippen LogP contribution >= 0.6 is 11.6 Å². The largest absolute Gasteiger partial charge is 0.379 e.